The smallest absolute Gasteiger partial charge is 0.241 e. The van der Waals surface area contributed by atoms with Crippen LogP contribution >= 0.6 is 0 Å². The van der Waals surface area contributed by atoms with E-state index in [4.69, 9.17) is 0 Å². The van der Waals surface area contributed by atoms with Gasteiger partial charge in [-0.05, 0) is 43.7 Å². The van der Waals surface area contributed by atoms with E-state index in [1.165, 1.54) is 6.42 Å². The number of fused-ring (bicyclic) bond motifs is 1. The second-order valence-corrected chi connectivity index (χ2v) is 8.95. The Morgan fingerprint density at radius 1 is 1.21 bits per heavy atom. The highest BCUT2D eigenvalue weighted by Crippen LogP contribution is 2.41. The number of nitrogens with one attached hydrogen (secondary N) is 2. The highest BCUT2D eigenvalue weighted by atomic mass is 16.2. The van der Waals surface area contributed by atoms with Crippen molar-refractivity contribution in [2.45, 2.75) is 57.2 Å². The summed E-state index contributed by atoms with van der Waals surface area (Å²) in [6.07, 6.45) is 9.71. The van der Waals surface area contributed by atoms with Gasteiger partial charge in [-0.3, -0.25) is 20.0 Å². The lowest BCUT2D eigenvalue weighted by atomic mass is 9.78. The van der Waals surface area contributed by atoms with Crippen LogP contribution in [0, 0.1) is 11.3 Å². The third kappa shape index (κ3) is 3.01. The predicted molar refractivity (Wildman–Crippen MR) is 104 cm³/mol. The maximum absolute atomic E-state index is 13.4. The molecule has 28 heavy (non-hydrogen) atoms. The predicted octanol–water partition coefficient (Wildman–Crippen LogP) is 1.07. The van der Waals surface area contributed by atoms with Crippen molar-refractivity contribution in [1.29, 1.82) is 0 Å². The van der Waals surface area contributed by atoms with Crippen molar-refractivity contribution in [1.82, 2.24) is 25.6 Å². The summed E-state index contributed by atoms with van der Waals surface area (Å²) in [5.41, 5.74) is 7.22. The Morgan fingerprint density at radius 3 is 3.00 bits per heavy atom. The van der Waals surface area contributed by atoms with E-state index in [1.54, 1.807) is 6.20 Å². The average Bonchev–Trinajstić information content (AvgIpc) is 3.42. The monoisotopic (exact) mass is 383 g/mol. The molecule has 3 aliphatic heterocycles. The van der Waals surface area contributed by atoms with E-state index in [2.05, 4.69) is 15.8 Å². The largest absolute Gasteiger partial charge is 0.340 e. The summed E-state index contributed by atoms with van der Waals surface area (Å²) in [6, 6.07) is 4.22. The standard InChI is InChI=1S/C21H29N5O2/c27-19(18-16-5-1-6-17(16)23-24-18)26-11-8-21(14-26)7-3-10-25(20(21)28)13-15-4-2-9-22-12-15/h2,4,9,12,16-18,23-24H,1,3,5-8,10-11,13-14H2. The Morgan fingerprint density at radius 2 is 2.14 bits per heavy atom. The quantitative estimate of drug-likeness (QED) is 0.816. The van der Waals surface area contributed by atoms with Crippen molar-refractivity contribution in [2.75, 3.05) is 19.6 Å². The molecule has 0 bridgehead atoms. The Hall–Kier alpha value is -1.99. The lowest BCUT2D eigenvalue weighted by molar-refractivity contribution is -0.147. The molecule has 3 saturated heterocycles. The van der Waals surface area contributed by atoms with Crippen LogP contribution in [0.15, 0.2) is 24.5 Å². The van der Waals surface area contributed by atoms with Gasteiger partial charge in [-0.25, -0.2) is 5.43 Å². The summed E-state index contributed by atoms with van der Waals surface area (Å²) < 4.78 is 0. The molecule has 2 N–H and O–H groups in total. The van der Waals surface area contributed by atoms with E-state index < -0.39 is 5.41 Å². The Bertz CT molecular complexity index is 756. The van der Waals surface area contributed by atoms with Gasteiger partial charge in [-0.15, -0.1) is 0 Å². The number of aromatic nitrogens is 1. The third-order valence-corrected chi connectivity index (χ3v) is 7.27. The molecule has 0 radical (unpaired) electrons. The minimum Gasteiger partial charge on any atom is -0.340 e. The van der Waals surface area contributed by atoms with Crippen LogP contribution in [0.5, 0.6) is 0 Å². The fraction of sp³-hybridized carbons (Fsp3) is 0.667. The lowest BCUT2D eigenvalue weighted by Crippen LogP contribution is -2.52. The first-order chi connectivity index (χ1) is 13.7. The molecular weight excluding hydrogens is 354 g/mol. The summed E-state index contributed by atoms with van der Waals surface area (Å²) in [6.45, 7) is 2.67. The maximum Gasteiger partial charge on any atom is 0.241 e. The fourth-order valence-corrected chi connectivity index (χ4v) is 5.77. The van der Waals surface area contributed by atoms with Crippen LogP contribution in [0.2, 0.25) is 0 Å². The fourth-order valence-electron chi connectivity index (χ4n) is 5.77. The maximum atomic E-state index is 13.4. The van der Waals surface area contributed by atoms with Crippen LogP contribution in [0.25, 0.3) is 0 Å². The molecule has 7 nitrogen and oxygen atoms in total. The second-order valence-electron chi connectivity index (χ2n) is 8.95. The van der Waals surface area contributed by atoms with Crippen molar-refractivity contribution in [3.63, 3.8) is 0 Å². The van der Waals surface area contributed by atoms with Crippen LogP contribution < -0.4 is 10.9 Å². The van der Waals surface area contributed by atoms with Crippen LogP contribution in [-0.2, 0) is 16.1 Å². The minimum absolute atomic E-state index is 0.132. The number of piperidine rings is 1. The van der Waals surface area contributed by atoms with Gasteiger partial charge in [0.15, 0.2) is 0 Å². The molecule has 1 aromatic heterocycles. The summed E-state index contributed by atoms with van der Waals surface area (Å²) >= 11 is 0. The van der Waals surface area contributed by atoms with Gasteiger partial charge >= 0.3 is 0 Å². The van der Waals surface area contributed by atoms with Crippen LogP contribution in [0.1, 0.15) is 44.1 Å². The number of nitrogens with zero attached hydrogens (tertiary/aromatic N) is 3. The minimum atomic E-state index is -0.392. The van der Waals surface area contributed by atoms with E-state index in [0.717, 1.165) is 44.2 Å². The van der Waals surface area contributed by atoms with Crippen LogP contribution in [-0.4, -0.2) is 58.3 Å². The van der Waals surface area contributed by atoms with Gasteiger partial charge in [0.05, 0.1) is 5.41 Å². The van der Waals surface area contributed by atoms with Crippen LogP contribution in [0.4, 0.5) is 0 Å². The Kier molecular flexibility index (Phi) is 4.59. The number of carbonyl (C=O) groups excluding carboxylic acids is 2. The van der Waals surface area contributed by atoms with Crippen molar-refractivity contribution < 1.29 is 9.59 Å². The molecule has 0 aromatic carbocycles. The summed E-state index contributed by atoms with van der Waals surface area (Å²) in [5.74, 6) is 0.790. The average molecular weight is 383 g/mol. The van der Waals surface area contributed by atoms with Crippen molar-refractivity contribution >= 4 is 11.8 Å². The van der Waals surface area contributed by atoms with Gasteiger partial charge in [0.2, 0.25) is 11.8 Å². The first kappa shape index (κ1) is 18.1. The Labute approximate surface area is 165 Å². The van der Waals surface area contributed by atoms with Gasteiger partial charge in [0, 0.05) is 50.5 Å². The number of pyridine rings is 1. The van der Waals surface area contributed by atoms with Gasteiger partial charge in [0.1, 0.15) is 6.04 Å². The molecular formula is C21H29N5O2. The van der Waals surface area contributed by atoms with E-state index >= 15 is 0 Å². The molecule has 1 aromatic rings. The highest BCUT2D eigenvalue weighted by Gasteiger charge is 2.52. The van der Waals surface area contributed by atoms with Gasteiger partial charge in [-0.2, -0.15) is 0 Å². The molecule has 7 heteroatoms. The van der Waals surface area contributed by atoms with Gasteiger partial charge < -0.3 is 9.80 Å². The molecule has 2 amide bonds. The van der Waals surface area contributed by atoms with E-state index in [1.807, 2.05) is 28.1 Å². The molecule has 4 heterocycles. The molecule has 1 spiro atoms. The molecule has 4 unspecified atom stereocenters. The number of amides is 2. The molecule has 1 saturated carbocycles. The number of hydrogen-bond acceptors (Lipinski definition) is 5. The van der Waals surface area contributed by atoms with E-state index in [0.29, 0.717) is 31.6 Å². The highest BCUT2D eigenvalue weighted by molar-refractivity contribution is 5.88. The lowest BCUT2D eigenvalue weighted by Gasteiger charge is -2.39. The molecule has 5 rings (SSSR count). The first-order valence-electron chi connectivity index (χ1n) is 10.6. The number of hydrogen-bond donors (Lipinski definition) is 2. The topological polar surface area (TPSA) is 77.6 Å². The first-order valence-corrected chi connectivity index (χ1v) is 10.6. The zero-order valence-electron chi connectivity index (χ0n) is 16.3. The summed E-state index contributed by atoms with van der Waals surface area (Å²) in [7, 11) is 0. The third-order valence-electron chi connectivity index (χ3n) is 7.27. The van der Waals surface area contributed by atoms with E-state index in [9.17, 15) is 9.59 Å². The molecule has 150 valence electrons. The zero-order valence-corrected chi connectivity index (χ0v) is 16.3. The zero-order chi connectivity index (χ0) is 19.1. The van der Waals surface area contributed by atoms with Crippen molar-refractivity contribution in [3.8, 4) is 0 Å². The van der Waals surface area contributed by atoms with Gasteiger partial charge in [0.25, 0.3) is 0 Å². The number of rotatable bonds is 3. The Balaban J connectivity index is 1.27. The molecule has 4 aliphatic rings. The number of likely N-dealkylation sites (tertiary alicyclic amines) is 2. The SMILES string of the molecule is O=C(C1NNC2CCCC21)N1CCC2(CCCN(Cc3cccnc3)C2=O)C1. The van der Waals surface area contributed by atoms with Crippen LogP contribution in [0.3, 0.4) is 0 Å². The molecule has 4 atom stereocenters. The van der Waals surface area contributed by atoms with Crippen molar-refractivity contribution in [3.05, 3.63) is 30.1 Å². The normalized spacial score (nSPS) is 35.0. The van der Waals surface area contributed by atoms with E-state index in [-0.39, 0.29) is 17.9 Å². The molecule has 1 aliphatic carbocycles. The summed E-state index contributed by atoms with van der Waals surface area (Å²) in [4.78, 5) is 34.6. The summed E-state index contributed by atoms with van der Waals surface area (Å²) in [5, 5.41) is 0. The van der Waals surface area contributed by atoms with Gasteiger partial charge in [-0.1, -0.05) is 12.5 Å². The van der Waals surface area contributed by atoms with Crippen molar-refractivity contribution in [2.24, 2.45) is 11.3 Å². The molecule has 4 fully saturated rings. The number of hydrazine groups is 1. The second kappa shape index (κ2) is 7.12. The number of carbonyl (C=O) groups is 2.